The van der Waals surface area contributed by atoms with Crippen LogP contribution in [0.5, 0.6) is 5.75 Å². The van der Waals surface area contributed by atoms with Gasteiger partial charge in [-0.15, -0.1) is 0 Å². The van der Waals surface area contributed by atoms with Crippen LogP contribution in [0.3, 0.4) is 0 Å². The van der Waals surface area contributed by atoms with Crippen LogP contribution in [-0.2, 0) is 15.6 Å². The zero-order valence-electron chi connectivity index (χ0n) is 12.8. The van der Waals surface area contributed by atoms with Gasteiger partial charge in [0.25, 0.3) is 0 Å². The predicted molar refractivity (Wildman–Crippen MR) is 88.5 cm³/mol. The minimum atomic E-state index is -1.09. The Morgan fingerprint density at radius 3 is 2.74 bits per heavy atom. The first-order valence-corrected chi connectivity index (χ1v) is 8.72. The smallest absolute Gasteiger partial charge is 0.224 e. The summed E-state index contributed by atoms with van der Waals surface area (Å²) in [6, 6.07) is 12.8. The summed E-state index contributed by atoms with van der Waals surface area (Å²) in [5.74, 6) is -0.0520. The molecule has 0 aliphatic carbocycles. The third-order valence-electron chi connectivity index (χ3n) is 3.06. The summed E-state index contributed by atoms with van der Waals surface area (Å²) in [5.41, 5.74) is 0.619. The van der Waals surface area contributed by atoms with Crippen LogP contribution in [0.4, 0.5) is 10.1 Å². The van der Waals surface area contributed by atoms with Gasteiger partial charge in [0.1, 0.15) is 11.6 Å². The third-order valence-corrected chi connectivity index (χ3v) is 3.98. The molecule has 6 heteroatoms. The molecule has 1 amide bonds. The number of carbonyl (C=O) groups is 1. The van der Waals surface area contributed by atoms with Crippen molar-refractivity contribution < 1.29 is 18.1 Å². The second-order valence-corrected chi connectivity index (χ2v) is 6.32. The molecule has 0 saturated heterocycles. The highest BCUT2D eigenvalue weighted by atomic mass is 32.2. The standard InChI is InChI=1S/C17H18FNO3S/c1-23(21)16-8-3-6-14(12-16)19-17(20)9-4-10-22-15-7-2-5-13(18)11-15/h2-3,5-8,11-12H,4,9-10H2,1H3,(H,19,20)/t23-/m1/s1. The van der Waals surface area contributed by atoms with E-state index in [1.807, 2.05) is 0 Å². The third kappa shape index (κ3) is 5.83. The molecule has 2 aromatic carbocycles. The van der Waals surface area contributed by atoms with Gasteiger partial charge >= 0.3 is 0 Å². The first-order valence-electron chi connectivity index (χ1n) is 7.16. The van der Waals surface area contributed by atoms with Crippen molar-refractivity contribution in [1.29, 1.82) is 0 Å². The summed E-state index contributed by atoms with van der Waals surface area (Å²) in [5, 5.41) is 2.76. The largest absolute Gasteiger partial charge is 0.493 e. The summed E-state index contributed by atoms with van der Waals surface area (Å²) in [4.78, 5) is 12.5. The van der Waals surface area contributed by atoms with Gasteiger partial charge < -0.3 is 10.1 Å². The molecule has 0 saturated carbocycles. The summed E-state index contributed by atoms with van der Waals surface area (Å²) < 4.78 is 29.8. The van der Waals surface area contributed by atoms with Crippen molar-refractivity contribution in [3.63, 3.8) is 0 Å². The normalized spacial score (nSPS) is 11.7. The van der Waals surface area contributed by atoms with E-state index >= 15 is 0 Å². The van der Waals surface area contributed by atoms with Gasteiger partial charge in [0.15, 0.2) is 0 Å². The fourth-order valence-electron chi connectivity index (χ4n) is 1.96. The fraction of sp³-hybridized carbons (Fsp3) is 0.235. The number of nitrogens with one attached hydrogen (secondary N) is 1. The van der Waals surface area contributed by atoms with E-state index in [1.54, 1.807) is 42.7 Å². The number of hydrogen-bond acceptors (Lipinski definition) is 3. The van der Waals surface area contributed by atoms with Gasteiger partial charge in [-0.2, -0.15) is 0 Å². The molecule has 0 aliphatic heterocycles. The minimum absolute atomic E-state index is 0.146. The van der Waals surface area contributed by atoms with E-state index in [0.29, 0.717) is 29.4 Å². The Morgan fingerprint density at radius 2 is 2.00 bits per heavy atom. The molecule has 1 atom stereocenters. The van der Waals surface area contributed by atoms with E-state index in [9.17, 15) is 13.4 Å². The van der Waals surface area contributed by atoms with E-state index in [-0.39, 0.29) is 18.1 Å². The highest BCUT2D eigenvalue weighted by Gasteiger charge is 2.05. The number of amides is 1. The Morgan fingerprint density at radius 1 is 1.22 bits per heavy atom. The number of ether oxygens (including phenoxy) is 1. The molecule has 0 unspecified atom stereocenters. The van der Waals surface area contributed by atoms with Gasteiger partial charge in [-0.05, 0) is 36.8 Å². The molecule has 122 valence electrons. The molecule has 0 spiro atoms. The van der Waals surface area contributed by atoms with Crippen LogP contribution in [0.25, 0.3) is 0 Å². The molecule has 0 aromatic heterocycles. The lowest BCUT2D eigenvalue weighted by molar-refractivity contribution is -0.116. The Labute approximate surface area is 137 Å². The first-order chi connectivity index (χ1) is 11.0. The molecule has 0 heterocycles. The second-order valence-electron chi connectivity index (χ2n) is 4.94. The maximum atomic E-state index is 13.0. The van der Waals surface area contributed by atoms with Crippen LogP contribution < -0.4 is 10.1 Å². The topological polar surface area (TPSA) is 55.4 Å². The Bertz CT molecular complexity index is 706. The fourth-order valence-corrected chi connectivity index (χ4v) is 2.52. The number of anilines is 1. The maximum absolute atomic E-state index is 13.0. The van der Waals surface area contributed by atoms with Gasteiger partial charge in [0, 0.05) is 40.1 Å². The minimum Gasteiger partial charge on any atom is -0.493 e. The van der Waals surface area contributed by atoms with Gasteiger partial charge in [-0.25, -0.2) is 4.39 Å². The van der Waals surface area contributed by atoms with Crippen molar-refractivity contribution in [1.82, 2.24) is 0 Å². The van der Waals surface area contributed by atoms with Gasteiger partial charge in [-0.3, -0.25) is 9.00 Å². The van der Waals surface area contributed by atoms with Crippen LogP contribution >= 0.6 is 0 Å². The number of carbonyl (C=O) groups excluding carboxylic acids is 1. The molecular weight excluding hydrogens is 317 g/mol. The molecule has 0 bridgehead atoms. The number of halogens is 1. The van der Waals surface area contributed by atoms with Crippen molar-refractivity contribution in [3.8, 4) is 5.75 Å². The van der Waals surface area contributed by atoms with Crippen molar-refractivity contribution >= 4 is 22.4 Å². The van der Waals surface area contributed by atoms with Crippen molar-refractivity contribution in [2.75, 3.05) is 18.2 Å². The van der Waals surface area contributed by atoms with Crippen LogP contribution in [0, 0.1) is 5.82 Å². The average molecular weight is 335 g/mol. The molecule has 23 heavy (non-hydrogen) atoms. The number of benzene rings is 2. The zero-order valence-corrected chi connectivity index (χ0v) is 13.6. The average Bonchev–Trinajstić information content (AvgIpc) is 2.52. The lowest BCUT2D eigenvalue weighted by atomic mass is 10.2. The van der Waals surface area contributed by atoms with E-state index in [2.05, 4.69) is 5.32 Å². The predicted octanol–water partition coefficient (Wildman–Crippen LogP) is 3.36. The summed E-state index contributed by atoms with van der Waals surface area (Å²) in [7, 11) is -1.09. The van der Waals surface area contributed by atoms with Crippen LogP contribution in [0.1, 0.15) is 12.8 Å². The molecule has 0 radical (unpaired) electrons. The van der Waals surface area contributed by atoms with Crippen LogP contribution in [0.15, 0.2) is 53.4 Å². The molecule has 1 N–H and O–H groups in total. The van der Waals surface area contributed by atoms with Crippen molar-refractivity contribution in [3.05, 3.63) is 54.3 Å². The quantitative estimate of drug-likeness (QED) is 0.790. The van der Waals surface area contributed by atoms with Gasteiger partial charge in [0.05, 0.1) is 6.61 Å². The number of hydrogen-bond donors (Lipinski definition) is 1. The summed E-state index contributed by atoms with van der Waals surface area (Å²) in [6.07, 6.45) is 2.39. The summed E-state index contributed by atoms with van der Waals surface area (Å²) in [6.45, 7) is 0.329. The second kappa shape index (κ2) is 8.43. The molecule has 2 aromatic rings. The lowest BCUT2D eigenvalue weighted by Crippen LogP contribution is -2.13. The van der Waals surface area contributed by atoms with Gasteiger partial charge in [-0.1, -0.05) is 12.1 Å². The molecule has 2 rings (SSSR count). The van der Waals surface area contributed by atoms with E-state index in [1.165, 1.54) is 12.1 Å². The SMILES string of the molecule is C[S@@](=O)c1cccc(NC(=O)CCCOc2cccc(F)c2)c1. The van der Waals surface area contributed by atoms with Crippen molar-refractivity contribution in [2.45, 2.75) is 17.7 Å². The Balaban J connectivity index is 1.75. The monoisotopic (exact) mass is 335 g/mol. The molecule has 0 fully saturated rings. The van der Waals surface area contributed by atoms with E-state index < -0.39 is 10.8 Å². The van der Waals surface area contributed by atoms with Crippen molar-refractivity contribution in [2.24, 2.45) is 0 Å². The maximum Gasteiger partial charge on any atom is 0.224 e. The first kappa shape index (κ1) is 17.1. The number of rotatable bonds is 7. The highest BCUT2D eigenvalue weighted by Crippen LogP contribution is 2.14. The molecular formula is C17H18FNO3S. The van der Waals surface area contributed by atoms with Gasteiger partial charge in [0.2, 0.25) is 5.91 Å². The summed E-state index contributed by atoms with van der Waals surface area (Å²) >= 11 is 0. The zero-order chi connectivity index (χ0) is 16.7. The van der Waals surface area contributed by atoms with E-state index in [4.69, 9.17) is 4.74 Å². The highest BCUT2D eigenvalue weighted by molar-refractivity contribution is 7.84. The van der Waals surface area contributed by atoms with Crippen LogP contribution in [0.2, 0.25) is 0 Å². The Kier molecular flexibility index (Phi) is 6.29. The van der Waals surface area contributed by atoms with E-state index in [0.717, 1.165) is 0 Å². The van der Waals surface area contributed by atoms with Crippen LogP contribution in [-0.4, -0.2) is 23.0 Å². The molecule has 4 nitrogen and oxygen atoms in total. The lowest BCUT2D eigenvalue weighted by Gasteiger charge is -2.08. The molecule has 0 aliphatic rings. The Hall–Kier alpha value is -2.21.